The molecule has 140 valence electrons. The molecule has 0 bridgehead atoms. The highest BCUT2D eigenvalue weighted by Crippen LogP contribution is 2.04. The fraction of sp³-hybridized carbons (Fsp3) is 1.00. The minimum atomic E-state index is -1.00. The number of rotatable bonds is 18. The third-order valence-electron chi connectivity index (χ3n) is 3.47. The van der Waals surface area contributed by atoms with Gasteiger partial charge in [0, 0.05) is 51.3 Å². The van der Waals surface area contributed by atoms with Crippen molar-refractivity contribution in [1.29, 1.82) is 0 Å². The summed E-state index contributed by atoms with van der Waals surface area (Å²) in [6.45, 7) is 12.2. The summed E-state index contributed by atoms with van der Waals surface area (Å²) in [5.41, 5.74) is 1.32. The van der Waals surface area contributed by atoms with Crippen molar-refractivity contribution in [2.75, 3.05) is 51.3 Å². The van der Waals surface area contributed by atoms with Crippen molar-refractivity contribution in [2.24, 2.45) is 0 Å². The first-order chi connectivity index (χ1) is 11.3. The summed E-state index contributed by atoms with van der Waals surface area (Å²) in [6, 6.07) is 0. The van der Waals surface area contributed by atoms with Crippen LogP contribution in [0.3, 0.4) is 0 Å². The highest BCUT2D eigenvalue weighted by molar-refractivity contribution is 6.77. The van der Waals surface area contributed by atoms with E-state index in [1.165, 1.54) is 5.67 Å². The summed E-state index contributed by atoms with van der Waals surface area (Å²) < 4.78 is 23.4. The van der Waals surface area contributed by atoms with E-state index in [0.717, 1.165) is 77.0 Å². The van der Waals surface area contributed by atoms with Gasteiger partial charge in [-0.05, 0) is 25.7 Å². The molecule has 0 aromatic rings. The minimum absolute atomic E-state index is 0.877. The second-order valence-corrected chi connectivity index (χ2v) is 13.0. The zero-order chi connectivity index (χ0) is 17.2. The Morgan fingerprint density at radius 3 is 0.957 bits per heavy atom. The van der Waals surface area contributed by atoms with Gasteiger partial charge in [-0.3, -0.25) is 0 Å². The standard InChI is InChI=1S/C17H40O4Si2/c1-5-9-18-13-22(14-19-10-6-2)17-23(15-20-11-7-3)16-21-12-8-4/h22-23H,5-17H2,1-4H3. The average Bonchev–Trinajstić information content (AvgIpc) is 2.55. The first-order valence-electron chi connectivity index (χ1n) is 9.59. The van der Waals surface area contributed by atoms with Gasteiger partial charge in [-0.1, -0.05) is 33.4 Å². The molecule has 0 saturated carbocycles. The van der Waals surface area contributed by atoms with Gasteiger partial charge < -0.3 is 18.9 Å². The van der Waals surface area contributed by atoms with E-state index in [0.29, 0.717) is 0 Å². The predicted octanol–water partition coefficient (Wildman–Crippen LogP) is 2.84. The van der Waals surface area contributed by atoms with Crippen LogP contribution in [0, 0.1) is 0 Å². The maximum Gasteiger partial charge on any atom is 0.0949 e. The van der Waals surface area contributed by atoms with Gasteiger partial charge in [0.2, 0.25) is 0 Å². The van der Waals surface area contributed by atoms with Crippen molar-refractivity contribution >= 4 is 17.6 Å². The number of ether oxygens (including phenoxy) is 4. The van der Waals surface area contributed by atoms with Crippen LogP contribution in [0.5, 0.6) is 0 Å². The molecule has 0 fully saturated rings. The van der Waals surface area contributed by atoms with Crippen LogP contribution in [-0.4, -0.2) is 68.9 Å². The van der Waals surface area contributed by atoms with E-state index in [-0.39, 0.29) is 0 Å². The molecule has 0 aromatic carbocycles. The third kappa shape index (κ3) is 15.5. The van der Waals surface area contributed by atoms with Crippen LogP contribution in [0.15, 0.2) is 0 Å². The molecule has 0 aliphatic carbocycles. The van der Waals surface area contributed by atoms with Crippen molar-refractivity contribution in [3.05, 3.63) is 0 Å². The molecular weight excluding hydrogens is 324 g/mol. The topological polar surface area (TPSA) is 36.9 Å². The Labute approximate surface area is 147 Å². The molecule has 0 spiro atoms. The van der Waals surface area contributed by atoms with E-state index < -0.39 is 17.6 Å². The fourth-order valence-electron chi connectivity index (χ4n) is 2.42. The highest BCUT2D eigenvalue weighted by atomic mass is 28.3. The summed E-state index contributed by atoms with van der Waals surface area (Å²) >= 11 is 0. The zero-order valence-electron chi connectivity index (χ0n) is 16.0. The van der Waals surface area contributed by atoms with Crippen LogP contribution in [-0.2, 0) is 18.9 Å². The SMILES string of the molecule is CCCOC[SiH](COCCC)C[SiH](COCCC)COCCC. The van der Waals surface area contributed by atoms with E-state index in [1.807, 2.05) is 0 Å². The average molecular weight is 365 g/mol. The Morgan fingerprint density at radius 1 is 0.478 bits per heavy atom. The molecule has 0 aliphatic heterocycles. The van der Waals surface area contributed by atoms with Crippen molar-refractivity contribution in [3.63, 3.8) is 0 Å². The Morgan fingerprint density at radius 2 is 0.739 bits per heavy atom. The summed E-state index contributed by atoms with van der Waals surface area (Å²) in [6.07, 6.45) is 8.17. The third-order valence-corrected chi connectivity index (χ3v) is 11.6. The van der Waals surface area contributed by atoms with Gasteiger partial charge in [-0.25, -0.2) is 0 Å². The Balaban J connectivity index is 4.31. The molecule has 0 heterocycles. The molecule has 0 atom stereocenters. The maximum absolute atomic E-state index is 5.85. The monoisotopic (exact) mass is 364 g/mol. The van der Waals surface area contributed by atoms with E-state index in [1.54, 1.807) is 0 Å². The molecule has 0 unspecified atom stereocenters. The summed E-state index contributed by atoms with van der Waals surface area (Å²) in [5, 5.41) is 0. The molecule has 23 heavy (non-hydrogen) atoms. The van der Waals surface area contributed by atoms with Crippen molar-refractivity contribution in [2.45, 2.75) is 59.0 Å². The molecule has 4 nitrogen and oxygen atoms in total. The van der Waals surface area contributed by atoms with Crippen molar-refractivity contribution in [1.82, 2.24) is 0 Å². The van der Waals surface area contributed by atoms with Crippen LogP contribution in [0.25, 0.3) is 0 Å². The number of hydrogen-bond acceptors (Lipinski definition) is 4. The maximum atomic E-state index is 5.85. The Kier molecular flexibility index (Phi) is 18.8. The number of hydrogen-bond donors (Lipinski definition) is 0. The molecule has 0 aliphatic rings. The summed E-state index contributed by atoms with van der Waals surface area (Å²) in [7, 11) is -2.00. The first-order valence-corrected chi connectivity index (χ1v) is 14.5. The van der Waals surface area contributed by atoms with Crippen LogP contribution in [0.4, 0.5) is 0 Å². The van der Waals surface area contributed by atoms with Gasteiger partial charge in [-0.2, -0.15) is 0 Å². The normalized spacial score (nSPS) is 11.7. The minimum Gasteiger partial charge on any atom is -0.385 e. The molecule has 0 saturated heterocycles. The van der Waals surface area contributed by atoms with Crippen LogP contribution >= 0.6 is 0 Å². The van der Waals surface area contributed by atoms with Gasteiger partial charge in [0.15, 0.2) is 0 Å². The molecule has 6 heteroatoms. The molecule has 0 amide bonds. The second kappa shape index (κ2) is 18.6. The van der Waals surface area contributed by atoms with E-state index in [2.05, 4.69) is 27.7 Å². The van der Waals surface area contributed by atoms with Crippen molar-refractivity contribution in [3.8, 4) is 0 Å². The Bertz CT molecular complexity index is 191. The zero-order valence-corrected chi connectivity index (χ0v) is 18.3. The summed E-state index contributed by atoms with van der Waals surface area (Å²) in [5.74, 6) is 0. The lowest BCUT2D eigenvalue weighted by Gasteiger charge is -2.22. The molecule has 0 rings (SSSR count). The lowest BCUT2D eigenvalue weighted by Crippen LogP contribution is -2.39. The predicted molar refractivity (Wildman–Crippen MR) is 104 cm³/mol. The fourth-order valence-corrected chi connectivity index (χ4v) is 10.6. The van der Waals surface area contributed by atoms with Crippen LogP contribution in [0.2, 0.25) is 5.67 Å². The lowest BCUT2D eigenvalue weighted by atomic mass is 10.5. The highest BCUT2D eigenvalue weighted by Gasteiger charge is 2.21. The van der Waals surface area contributed by atoms with Crippen LogP contribution < -0.4 is 0 Å². The van der Waals surface area contributed by atoms with Crippen molar-refractivity contribution < 1.29 is 18.9 Å². The van der Waals surface area contributed by atoms with Crippen LogP contribution in [0.1, 0.15) is 53.4 Å². The largest absolute Gasteiger partial charge is 0.385 e. The molecular formula is C17H40O4Si2. The smallest absolute Gasteiger partial charge is 0.0949 e. The van der Waals surface area contributed by atoms with E-state index >= 15 is 0 Å². The van der Waals surface area contributed by atoms with Gasteiger partial charge in [0.1, 0.15) is 0 Å². The van der Waals surface area contributed by atoms with Gasteiger partial charge >= 0.3 is 0 Å². The van der Waals surface area contributed by atoms with Gasteiger partial charge in [0.25, 0.3) is 0 Å². The molecule has 0 aromatic heterocycles. The molecule has 0 N–H and O–H groups in total. The lowest BCUT2D eigenvalue weighted by molar-refractivity contribution is 0.150. The van der Waals surface area contributed by atoms with E-state index in [9.17, 15) is 0 Å². The second-order valence-electron chi connectivity index (χ2n) is 6.27. The van der Waals surface area contributed by atoms with E-state index in [4.69, 9.17) is 18.9 Å². The molecule has 0 radical (unpaired) electrons. The summed E-state index contributed by atoms with van der Waals surface area (Å²) in [4.78, 5) is 0. The quantitative estimate of drug-likeness (QED) is 0.277. The first kappa shape index (κ1) is 23.3. The van der Waals surface area contributed by atoms with Gasteiger partial charge in [-0.15, -0.1) is 0 Å². The van der Waals surface area contributed by atoms with Gasteiger partial charge in [0.05, 0.1) is 17.6 Å². The Hall–Kier alpha value is 0.274.